The molecule has 20 heavy (non-hydrogen) atoms. The Morgan fingerprint density at radius 1 is 1.15 bits per heavy atom. The highest BCUT2D eigenvalue weighted by atomic mass is 16.5. The normalized spacial score (nSPS) is 16.4. The Bertz CT molecular complexity index is 390. The molecule has 1 aromatic rings. The van der Waals surface area contributed by atoms with E-state index in [1.807, 2.05) is 12.1 Å². The van der Waals surface area contributed by atoms with Crippen LogP contribution in [-0.4, -0.2) is 39.0 Å². The first-order chi connectivity index (χ1) is 9.81. The zero-order valence-electron chi connectivity index (χ0n) is 12.4. The van der Waals surface area contributed by atoms with Crippen LogP contribution in [0.3, 0.4) is 0 Å². The lowest BCUT2D eigenvalue weighted by Crippen LogP contribution is -2.39. The van der Waals surface area contributed by atoms with Crippen molar-refractivity contribution >= 4 is 5.69 Å². The zero-order chi connectivity index (χ0) is 14.2. The zero-order valence-corrected chi connectivity index (χ0v) is 12.4. The Balaban J connectivity index is 1.89. The highest BCUT2D eigenvalue weighted by Gasteiger charge is 2.18. The number of hydrogen-bond donors (Lipinski definition) is 1. The van der Waals surface area contributed by atoms with Gasteiger partial charge in [0, 0.05) is 25.7 Å². The minimum atomic E-state index is 0.349. The number of nitrogens with zero attached hydrogens (tertiary/aromatic N) is 1. The van der Waals surface area contributed by atoms with Gasteiger partial charge in [0.1, 0.15) is 12.4 Å². The van der Waals surface area contributed by atoms with E-state index in [1.165, 1.54) is 5.69 Å². The Morgan fingerprint density at radius 2 is 1.90 bits per heavy atom. The quantitative estimate of drug-likeness (QED) is 0.778. The molecular weight excluding hydrogens is 252 g/mol. The number of para-hydroxylation sites is 2. The molecular formula is C16H26N2O2. The summed E-state index contributed by atoms with van der Waals surface area (Å²) in [5, 5.41) is 0. The van der Waals surface area contributed by atoms with Crippen LogP contribution in [0.5, 0.6) is 5.75 Å². The van der Waals surface area contributed by atoms with Gasteiger partial charge in [0.15, 0.2) is 0 Å². The minimum absolute atomic E-state index is 0.349. The van der Waals surface area contributed by atoms with E-state index in [2.05, 4.69) is 24.0 Å². The molecule has 0 amide bonds. The van der Waals surface area contributed by atoms with Gasteiger partial charge in [0.2, 0.25) is 0 Å². The second-order valence-electron chi connectivity index (χ2n) is 5.25. The van der Waals surface area contributed by atoms with Crippen molar-refractivity contribution in [1.82, 2.24) is 0 Å². The maximum Gasteiger partial charge on any atom is 0.142 e. The summed E-state index contributed by atoms with van der Waals surface area (Å²) in [6, 6.07) is 8.58. The van der Waals surface area contributed by atoms with Crippen molar-refractivity contribution in [1.29, 1.82) is 0 Å². The van der Waals surface area contributed by atoms with Gasteiger partial charge in [-0.25, -0.2) is 0 Å². The second kappa shape index (κ2) is 8.12. The molecule has 0 unspecified atom stereocenters. The highest BCUT2D eigenvalue weighted by Crippen LogP contribution is 2.29. The summed E-state index contributed by atoms with van der Waals surface area (Å²) in [7, 11) is 0. The van der Waals surface area contributed by atoms with E-state index in [9.17, 15) is 0 Å². The van der Waals surface area contributed by atoms with Crippen molar-refractivity contribution in [2.45, 2.75) is 32.2 Å². The monoisotopic (exact) mass is 278 g/mol. The van der Waals surface area contributed by atoms with Gasteiger partial charge in [-0.05, 0) is 31.4 Å². The molecule has 1 aromatic carbocycles. The molecule has 0 aromatic heterocycles. The van der Waals surface area contributed by atoms with Gasteiger partial charge >= 0.3 is 0 Å². The van der Waals surface area contributed by atoms with Gasteiger partial charge in [-0.1, -0.05) is 19.1 Å². The number of benzene rings is 1. The molecule has 1 aliphatic heterocycles. The van der Waals surface area contributed by atoms with Gasteiger partial charge in [-0.3, -0.25) is 0 Å². The smallest absolute Gasteiger partial charge is 0.142 e. The summed E-state index contributed by atoms with van der Waals surface area (Å²) in [5.41, 5.74) is 7.14. The molecule has 0 bridgehead atoms. The summed E-state index contributed by atoms with van der Waals surface area (Å²) in [4.78, 5) is 2.37. The van der Waals surface area contributed by atoms with Crippen LogP contribution in [0.25, 0.3) is 0 Å². The third-order valence-corrected chi connectivity index (χ3v) is 3.58. The predicted molar refractivity (Wildman–Crippen MR) is 82.5 cm³/mol. The van der Waals surface area contributed by atoms with Crippen molar-refractivity contribution in [2.24, 2.45) is 5.73 Å². The third-order valence-electron chi connectivity index (χ3n) is 3.58. The predicted octanol–water partition coefficient (Wildman–Crippen LogP) is 2.42. The molecule has 0 atom stereocenters. The highest BCUT2D eigenvalue weighted by molar-refractivity contribution is 5.58. The Hall–Kier alpha value is -1.26. The maximum absolute atomic E-state index is 5.97. The lowest BCUT2D eigenvalue weighted by molar-refractivity contribution is 0.101. The van der Waals surface area contributed by atoms with Gasteiger partial charge < -0.3 is 20.1 Å². The first-order valence-corrected chi connectivity index (χ1v) is 7.61. The average molecular weight is 278 g/mol. The average Bonchev–Trinajstić information content (AvgIpc) is 2.48. The van der Waals surface area contributed by atoms with Crippen molar-refractivity contribution in [3.63, 3.8) is 0 Å². The van der Waals surface area contributed by atoms with Crippen LogP contribution in [0.4, 0.5) is 5.69 Å². The Kier molecular flexibility index (Phi) is 6.15. The van der Waals surface area contributed by atoms with Crippen LogP contribution in [0.15, 0.2) is 24.3 Å². The van der Waals surface area contributed by atoms with Crippen LogP contribution < -0.4 is 15.4 Å². The van der Waals surface area contributed by atoms with Crippen LogP contribution in [0.2, 0.25) is 0 Å². The van der Waals surface area contributed by atoms with E-state index >= 15 is 0 Å². The van der Waals surface area contributed by atoms with Crippen molar-refractivity contribution in [3.8, 4) is 5.75 Å². The first kappa shape index (κ1) is 15.1. The molecule has 0 aliphatic carbocycles. The summed E-state index contributed by atoms with van der Waals surface area (Å²) in [5.74, 6) is 0.947. The molecule has 1 heterocycles. The molecule has 0 spiro atoms. The Labute approximate surface area is 121 Å². The largest absolute Gasteiger partial charge is 0.489 e. The molecule has 1 saturated heterocycles. The van der Waals surface area contributed by atoms with Crippen molar-refractivity contribution in [3.05, 3.63) is 24.3 Å². The standard InChI is InChI=1S/C16H26N2O2/c1-2-11-19-12-13-20-16-6-4-3-5-15(16)18-9-7-14(17)8-10-18/h3-6,14H,2,7-13,17H2,1H3. The fourth-order valence-electron chi connectivity index (χ4n) is 2.44. The number of ether oxygens (including phenoxy) is 2. The molecule has 0 radical (unpaired) electrons. The molecule has 2 rings (SSSR count). The van der Waals surface area contributed by atoms with Crippen LogP contribution in [0, 0.1) is 0 Å². The Morgan fingerprint density at radius 3 is 2.65 bits per heavy atom. The van der Waals surface area contributed by atoms with Crippen LogP contribution >= 0.6 is 0 Å². The number of rotatable bonds is 7. The molecule has 0 saturated carbocycles. The maximum atomic E-state index is 5.97. The lowest BCUT2D eigenvalue weighted by Gasteiger charge is -2.33. The molecule has 1 aliphatic rings. The molecule has 4 nitrogen and oxygen atoms in total. The summed E-state index contributed by atoms with van der Waals surface area (Å²) in [6.45, 7) is 6.17. The van der Waals surface area contributed by atoms with Gasteiger partial charge in [0.05, 0.1) is 12.3 Å². The molecule has 1 fully saturated rings. The minimum Gasteiger partial charge on any atom is -0.489 e. The van der Waals surface area contributed by atoms with E-state index in [4.69, 9.17) is 15.2 Å². The fourth-order valence-corrected chi connectivity index (χ4v) is 2.44. The summed E-state index contributed by atoms with van der Waals surface area (Å²) in [6.07, 6.45) is 3.15. The van der Waals surface area contributed by atoms with Gasteiger partial charge in [0.25, 0.3) is 0 Å². The van der Waals surface area contributed by atoms with Gasteiger partial charge in [-0.15, -0.1) is 0 Å². The number of hydrogen-bond acceptors (Lipinski definition) is 4. The molecule has 4 heteroatoms. The molecule has 2 N–H and O–H groups in total. The number of nitrogens with two attached hydrogens (primary N) is 1. The van der Waals surface area contributed by atoms with E-state index < -0.39 is 0 Å². The van der Waals surface area contributed by atoms with E-state index in [0.717, 1.165) is 44.7 Å². The topological polar surface area (TPSA) is 47.7 Å². The lowest BCUT2D eigenvalue weighted by atomic mass is 10.1. The van der Waals surface area contributed by atoms with Crippen molar-refractivity contribution in [2.75, 3.05) is 37.8 Å². The number of piperidine rings is 1. The van der Waals surface area contributed by atoms with E-state index in [-0.39, 0.29) is 0 Å². The van der Waals surface area contributed by atoms with Crippen LogP contribution in [-0.2, 0) is 4.74 Å². The second-order valence-corrected chi connectivity index (χ2v) is 5.25. The van der Waals surface area contributed by atoms with E-state index in [0.29, 0.717) is 19.3 Å². The third kappa shape index (κ3) is 4.39. The number of anilines is 1. The first-order valence-electron chi connectivity index (χ1n) is 7.61. The van der Waals surface area contributed by atoms with E-state index in [1.54, 1.807) is 0 Å². The SMILES string of the molecule is CCCOCCOc1ccccc1N1CCC(N)CC1. The van der Waals surface area contributed by atoms with Crippen LogP contribution in [0.1, 0.15) is 26.2 Å². The summed E-state index contributed by atoms with van der Waals surface area (Å²) < 4.78 is 11.3. The fraction of sp³-hybridized carbons (Fsp3) is 0.625. The van der Waals surface area contributed by atoms with Crippen molar-refractivity contribution < 1.29 is 9.47 Å². The summed E-state index contributed by atoms with van der Waals surface area (Å²) >= 11 is 0. The van der Waals surface area contributed by atoms with Gasteiger partial charge in [-0.2, -0.15) is 0 Å². The molecule has 112 valence electrons.